The molecule has 5 N–H and O–H groups in total. The van der Waals surface area contributed by atoms with Gasteiger partial charge in [-0.1, -0.05) is 37.1 Å². The van der Waals surface area contributed by atoms with Gasteiger partial charge in [-0.15, -0.1) is 0 Å². The first-order chi connectivity index (χ1) is 17.3. The summed E-state index contributed by atoms with van der Waals surface area (Å²) in [6, 6.07) is 4.49. The summed E-state index contributed by atoms with van der Waals surface area (Å²) < 4.78 is 0. The maximum atomic E-state index is 13.2. The van der Waals surface area contributed by atoms with E-state index < -0.39 is 41.8 Å². The van der Waals surface area contributed by atoms with E-state index in [9.17, 15) is 24.0 Å². The lowest BCUT2D eigenvalue weighted by Crippen LogP contribution is -2.54. The first kappa shape index (κ1) is 27.5. The Labute approximate surface area is 216 Å². The van der Waals surface area contributed by atoms with E-state index in [0.717, 1.165) is 30.6 Å². The van der Waals surface area contributed by atoms with Crippen LogP contribution in [-0.2, 0) is 36.9 Å². The fourth-order valence-corrected chi connectivity index (χ4v) is 4.84. The van der Waals surface area contributed by atoms with Crippen molar-refractivity contribution in [3.05, 3.63) is 35.4 Å². The number of rotatable bonds is 6. The molecule has 0 aliphatic carbocycles. The summed E-state index contributed by atoms with van der Waals surface area (Å²) in [5, 5.41) is 8.29. The predicted molar refractivity (Wildman–Crippen MR) is 137 cm³/mol. The van der Waals surface area contributed by atoms with Crippen LogP contribution in [0, 0.1) is 0 Å². The molecule has 1 saturated heterocycles. The molecule has 11 heteroatoms. The molecule has 2 bridgehead atoms. The molecule has 5 amide bonds. The van der Waals surface area contributed by atoms with Gasteiger partial charge in [-0.2, -0.15) is 12.6 Å². The zero-order valence-corrected chi connectivity index (χ0v) is 21.2. The second-order valence-electron chi connectivity index (χ2n) is 9.32. The standard InChI is InChI=1S/C25H35N5O5S/c26-23(33)19-14-22(32)30-10-5-9-20(30)25(35)29-18(8-2-1-3-11-36)24(34)27-15-17-7-4-6-16(12-17)13-21(31)28-19/h4,6-7,12,18-20,36H,1-3,5,8-11,13-15H2,(H2,26,33)(H,27,34)(H,28,31)(H,29,35)/t18-,19+,20+/m0/s1. The van der Waals surface area contributed by atoms with E-state index >= 15 is 0 Å². The average molecular weight is 518 g/mol. The van der Waals surface area contributed by atoms with Gasteiger partial charge < -0.3 is 26.6 Å². The van der Waals surface area contributed by atoms with Gasteiger partial charge in [0, 0.05) is 13.1 Å². The smallest absolute Gasteiger partial charge is 0.243 e. The number of benzene rings is 1. The fraction of sp³-hybridized carbons (Fsp3) is 0.560. The molecule has 0 spiro atoms. The number of carbonyl (C=O) groups excluding carboxylic acids is 5. The number of carbonyl (C=O) groups is 5. The van der Waals surface area contributed by atoms with E-state index in [1.807, 2.05) is 6.07 Å². The molecule has 2 aliphatic heterocycles. The summed E-state index contributed by atoms with van der Waals surface area (Å²) in [5.74, 6) is -1.67. The number of amides is 5. The third-order valence-corrected chi connectivity index (χ3v) is 6.86. The maximum absolute atomic E-state index is 13.2. The molecule has 36 heavy (non-hydrogen) atoms. The zero-order chi connectivity index (χ0) is 26.1. The molecule has 0 unspecified atom stereocenters. The molecular weight excluding hydrogens is 482 g/mol. The molecule has 0 saturated carbocycles. The minimum atomic E-state index is -1.18. The SMILES string of the molecule is NC(=O)[C@H]1CC(=O)N2CCC[C@@H]2C(=O)N[C@@H](CCCCCS)C(=O)NCc2cccc(c2)CC(=O)N1. The van der Waals surface area contributed by atoms with E-state index in [1.165, 1.54) is 4.90 Å². The Balaban J connectivity index is 1.86. The zero-order valence-electron chi connectivity index (χ0n) is 20.3. The summed E-state index contributed by atoms with van der Waals surface area (Å²) >= 11 is 4.22. The summed E-state index contributed by atoms with van der Waals surface area (Å²) in [7, 11) is 0. The number of hydrogen-bond acceptors (Lipinski definition) is 6. The van der Waals surface area contributed by atoms with Crippen molar-refractivity contribution in [2.75, 3.05) is 12.3 Å². The molecule has 10 nitrogen and oxygen atoms in total. The van der Waals surface area contributed by atoms with Crippen LogP contribution in [0.2, 0.25) is 0 Å². The van der Waals surface area contributed by atoms with Crippen molar-refractivity contribution in [3.8, 4) is 0 Å². The highest BCUT2D eigenvalue weighted by Crippen LogP contribution is 2.20. The Bertz CT molecular complexity index is 987. The van der Waals surface area contributed by atoms with Gasteiger partial charge in [0.05, 0.1) is 12.8 Å². The quantitative estimate of drug-likeness (QED) is 0.270. The lowest BCUT2D eigenvalue weighted by molar-refractivity contribution is -0.141. The molecule has 2 heterocycles. The van der Waals surface area contributed by atoms with Crippen LogP contribution < -0.4 is 21.7 Å². The van der Waals surface area contributed by atoms with Crippen LogP contribution in [0.1, 0.15) is 56.1 Å². The molecule has 1 fully saturated rings. The average Bonchev–Trinajstić information content (AvgIpc) is 3.34. The highest BCUT2D eigenvalue weighted by atomic mass is 32.1. The van der Waals surface area contributed by atoms with Crippen molar-refractivity contribution in [1.29, 1.82) is 0 Å². The third-order valence-electron chi connectivity index (χ3n) is 6.54. The highest BCUT2D eigenvalue weighted by Gasteiger charge is 2.37. The minimum Gasteiger partial charge on any atom is -0.368 e. The molecule has 3 rings (SSSR count). The maximum Gasteiger partial charge on any atom is 0.243 e. The molecule has 3 atom stereocenters. The second-order valence-corrected chi connectivity index (χ2v) is 9.77. The number of nitrogens with one attached hydrogen (secondary N) is 3. The van der Waals surface area contributed by atoms with Crippen LogP contribution in [0.4, 0.5) is 0 Å². The fourth-order valence-electron chi connectivity index (χ4n) is 4.62. The molecule has 1 aromatic rings. The van der Waals surface area contributed by atoms with Crippen molar-refractivity contribution < 1.29 is 24.0 Å². The van der Waals surface area contributed by atoms with Gasteiger partial charge >= 0.3 is 0 Å². The number of thiol groups is 1. The molecule has 0 aromatic heterocycles. The van der Waals surface area contributed by atoms with Crippen molar-refractivity contribution >= 4 is 42.2 Å². The normalized spacial score (nSPS) is 23.8. The minimum absolute atomic E-state index is 0.0140. The van der Waals surface area contributed by atoms with Crippen molar-refractivity contribution in [2.24, 2.45) is 5.73 Å². The Kier molecular flexibility index (Phi) is 10.2. The topological polar surface area (TPSA) is 151 Å². The number of nitrogens with two attached hydrogens (primary N) is 1. The Morgan fingerprint density at radius 1 is 1.06 bits per heavy atom. The van der Waals surface area contributed by atoms with Crippen LogP contribution in [0.5, 0.6) is 0 Å². The summed E-state index contributed by atoms with van der Waals surface area (Å²) in [6.07, 6.45) is 3.73. The van der Waals surface area contributed by atoms with Gasteiger partial charge in [-0.25, -0.2) is 0 Å². The first-order valence-electron chi connectivity index (χ1n) is 12.4. The van der Waals surface area contributed by atoms with Crippen molar-refractivity contribution in [2.45, 2.75) is 76.0 Å². The summed E-state index contributed by atoms with van der Waals surface area (Å²) in [5.41, 5.74) is 6.95. The molecular formula is C25H35N5O5S. The molecule has 0 radical (unpaired) electrons. The van der Waals surface area contributed by atoms with Gasteiger partial charge in [0.25, 0.3) is 0 Å². The summed E-state index contributed by atoms with van der Waals surface area (Å²) in [6.45, 7) is 0.580. The van der Waals surface area contributed by atoms with E-state index in [0.29, 0.717) is 31.4 Å². The van der Waals surface area contributed by atoms with E-state index in [4.69, 9.17) is 5.73 Å². The van der Waals surface area contributed by atoms with Gasteiger partial charge in [0.1, 0.15) is 18.1 Å². The monoisotopic (exact) mass is 517 g/mol. The summed E-state index contributed by atoms with van der Waals surface area (Å²) in [4.78, 5) is 65.3. The van der Waals surface area contributed by atoms with Crippen LogP contribution in [0.25, 0.3) is 0 Å². The Morgan fingerprint density at radius 3 is 2.58 bits per heavy atom. The number of hydrogen-bond donors (Lipinski definition) is 5. The number of unbranched alkanes of at least 4 members (excludes halogenated alkanes) is 2. The number of fused-ring (bicyclic) bond motifs is 3. The van der Waals surface area contributed by atoms with E-state index in [1.54, 1.807) is 18.2 Å². The van der Waals surface area contributed by atoms with E-state index in [-0.39, 0.29) is 25.3 Å². The lowest BCUT2D eigenvalue weighted by atomic mass is 10.1. The van der Waals surface area contributed by atoms with E-state index in [2.05, 4.69) is 28.6 Å². The number of nitrogens with zero attached hydrogens (tertiary/aromatic N) is 1. The van der Waals surface area contributed by atoms with Crippen LogP contribution in [-0.4, -0.2) is 64.9 Å². The lowest BCUT2D eigenvalue weighted by Gasteiger charge is -2.27. The van der Waals surface area contributed by atoms with Crippen LogP contribution in [0.3, 0.4) is 0 Å². The molecule has 1 aromatic carbocycles. The largest absolute Gasteiger partial charge is 0.368 e. The second kappa shape index (κ2) is 13.3. The van der Waals surface area contributed by atoms with Gasteiger partial charge in [0.2, 0.25) is 29.5 Å². The highest BCUT2D eigenvalue weighted by molar-refractivity contribution is 7.80. The van der Waals surface area contributed by atoms with Gasteiger partial charge in [-0.05, 0) is 42.6 Å². The van der Waals surface area contributed by atoms with Gasteiger partial charge in [-0.3, -0.25) is 24.0 Å². The predicted octanol–water partition coefficient (Wildman–Crippen LogP) is 0.185. The van der Waals surface area contributed by atoms with Crippen LogP contribution in [0.15, 0.2) is 24.3 Å². The van der Waals surface area contributed by atoms with Crippen LogP contribution >= 0.6 is 12.6 Å². The molecule has 2 aliphatic rings. The van der Waals surface area contributed by atoms with Crippen molar-refractivity contribution in [1.82, 2.24) is 20.9 Å². The van der Waals surface area contributed by atoms with Crippen molar-refractivity contribution in [3.63, 3.8) is 0 Å². The third kappa shape index (κ3) is 7.71. The first-order valence-corrected chi connectivity index (χ1v) is 13.1. The van der Waals surface area contributed by atoms with Gasteiger partial charge in [0.15, 0.2) is 0 Å². The number of primary amides is 1. The Hall–Kier alpha value is -3.08. The molecule has 196 valence electrons. The Morgan fingerprint density at radius 2 is 1.83 bits per heavy atom.